The molecule has 0 aliphatic carbocycles. The highest BCUT2D eigenvalue weighted by Crippen LogP contribution is 2.26. The van der Waals surface area contributed by atoms with Gasteiger partial charge in [-0.3, -0.25) is 4.79 Å². The van der Waals surface area contributed by atoms with Crippen molar-refractivity contribution < 1.29 is 18.3 Å². The first-order valence-electron chi connectivity index (χ1n) is 4.46. The SMILES string of the molecule is COC(=O)Cc1c(C)cc(Br)nc1C(F)F. The van der Waals surface area contributed by atoms with E-state index in [0.29, 0.717) is 10.2 Å². The molecule has 0 saturated carbocycles. The van der Waals surface area contributed by atoms with E-state index >= 15 is 0 Å². The number of carbonyl (C=O) groups is 1. The lowest BCUT2D eigenvalue weighted by atomic mass is 10.0. The Balaban J connectivity index is 3.19. The number of nitrogens with zero attached hydrogens (tertiary/aromatic N) is 1. The lowest BCUT2D eigenvalue weighted by Gasteiger charge is -2.10. The van der Waals surface area contributed by atoms with Crippen LogP contribution in [-0.4, -0.2) is 18.1 Å². The maximum Gasteiger partial charge on any atom is 0.310 e. The van der Waals surface area contributed by atoms with Gasteiger partial charge in [-0.25, -0.2) is 13.8 Å². The number of hydrogen-bond acceptors (Lipinski definition) is 3. The molecule has 1 aromatic heterocycles. The van der Waals surface area contributed by atoms with Gasteiger partial charge in [-0.2, -0.15) is 0 Å². The Morgan fingerprint density at radius 2 is 2.25 bits per heavy atom. The Bertz CT molecular complexity index is 410. The predicted octanol–water partition coefficient (Wildman–Crippen LogP) is 2.81. The van der Waals surface area contributed by atoms with Crippen molar-refractivity contribution in [3.8, 4) is 0 Å². The molecule has 0 unspecified atom stereocenters. The molecular weight excluding hydrogens is 284 g/mol. The van der Waals surface area contributed by atoms with Crippen LogP contribution in [0.4, 0.5) is 8.78 Å². The van der Waals surface area contributed by atoms with Gasteiger partial charge in [0.25, 0.3) is 6.43 Å². The number of methoxy groups -OCH3 is 1. The molecule has 16 heavy (non-hydrogen) atoms. The molecule has 1 aromatic rings. The number of carbonyl (C=O) groups excluding carboxylic acids is 1. The fraction of sp³-hybridized carbons (Fsp3) is 0.400. The fourth-order valence-electron chi connectivity index (χ4n) is 1.31. The van der Waals surface area contributed by atoms with E-state index in [1.165, 1.54) is 7.11 Å². The van der Waals surface area contributed by atoms with Gasteiger partial charge in [-0.05, 0) is 40.0 Å². The zero-order valence-corrected chi connectivity index (χ0v) is 10.3. The van der Waals surface area contributed by atoms with Gasteiger partial charge < -0.3 is 4.74 Å². The lowest BCUT2D eigenvalue weighted by molar-refractivity contribution is -0.139. The Hall–Kier alpha value is -1.04. The first-order chi connectivity index (χ1) is 7.45. The standard InChI is InChI=1S/C10H10BrF2NO2/c1-5-3-7(11)14-9(10(12)13)6(5)4-8(15)16-2/h3,10H,4H2,1-2H3. The highest BCUT2D eigenvalue weighted by Gasteiger charge is 2.20. The summed E-state index contributed by atoms with van der Waals surface area (Å²) in [5.41, 5.74) is 0.435. The molecule has 0 saturated heterocycles. The third-order valence-electron chi connectivity index (χ3n) is 2.10. The zero-order valence-electron chi connectivity index (χ0n) is 8.76. The third-order valence-corrected chi connectivity index (χ3v) is 2.51. The number of ether oxygens (including phenoxy) is 1. The largest absolute Gasteiger partial charge is 0.469 e. The molecule has 0 aromatic carbocycles. The second-order valence-electron chi connectivity index (χ2n) is 3.18. The van der Waals surface area contributed by atoms with Crippen molar-refractivity contribution in [2.24, 2.45) is 0 Å². The van der Waals surface area contributed by atoms with Crippen molar-refractivity contribution in [3.05, 3.63) is 27.5 Å². The molecule has 0 amide bonds. The van der Waals surface area contributed by atoms with E-state index in [-0.39, 0.29) is 17.7 Å². The van der Waals surface area contributed by atoms with Crippen molar-refractivity contribution in [1.82, 2.24) is 4.98 Å². The summed E-state index contributed by atoms with van der Waals surface area (Å²) in [7, 11) is 1.21. The predicted molar refractivity (Wildman–Crippen MR) is 57.4 cm³/mol. The number of halogens is 3. The van der Waals surface area contributed by atoms with Gasteiger partial charge in [0, 0.05) is 0 Å². The normalized spacial score (nSPS) is 10.6. The van der Waals surface area contributed by atoms with Crippen LogP contribution in [0, 0.1) is 6.92 Å². The summed E-state index contributed by atoms with van der Waals surface area (Å²) in [5, 5.41) is 0. The summed E-state index contributed by atoms with van der Waals surface area (Å²) in [6, 6.07) is 1.59. The van der Waals surface area contributed by atoms with Crippen molar-refractivity contribution in [1.29, 1.82) is 0 Å². The first-order valence-corrected chi connectivity index (χ1v) is 5.26. The molecule has 0 aliphatic rings. The van der Waals surface area contributed by atoms with Gasteiger partial charge in [-0.15, -0.1) is 0 Å². The number of rotatable bonds is 3. The zero-order chi connectivity index (χ0) is 12.3. The van der Waals surface area contributed by atoms with Crippen LogP contribution in [-0.2, 0) is 16.0 Å². The summed E-state index contributed by atoms with van der Waals surface area (Å²) >= 11 is 3.04. The van der Waals surface area contributed by atoms with Crippen LogP contribution in [0.2, 0.25) is 0 Å². The smallest absolute Gasteiger partial charge is 0.310 e. The van der Waals surface area contributed by atoms with Gasteiger partial charge in [0.1, 0.15) is 10.3 Å². The average Bonchev–Trinajstić information content (AvgIpc) is 2.20. The van der Waals surface area contributed by atoms with Crippen molar-refractivity contribution in [2.75, 3.05) is 7.11 Å². The number of aryl methyl sites for hydroxylation is 1. The van der Waals surface area contributed by atoms with E-state index < -0.39 is 12.4 Å². The van der Waals surface area contributed by atoms with Gasteiger partial charge in [0.15, 0.2) is 0 Å². The molecule has 0 N–H and O–H groups in total. The van der Waals surface area contributed by atoms with Crippen LogP contribution in [0.15, 0.2) is 10.7 Å². The summed E-state index contributed by atoms with van der Waals surface area (Å²) in [6.45, 7) is 1.65. The van der Waals surface area contributed by atoms with Gasteiger partial charge in [0.05, 0.1) is 13.5 Å². The fourth-order valence-corrected chi connectivity index (χ4v) is 1.84. The molecule has 0 spiro atoms. The summed E-state index contributed by atoms with van der Waals surface area (Å²) in [6.07, 6.45) is -2.90. The quantitative estimate of drug-likeness (QED) is 0.635. The second kappa shape index (κ2) is 5.34. The molecule has 88 valence electrons. The molecule has 6 heteroatoms. The minimum Gasteiger partial charge on any atom is -0.469 e. The maximum atomic E-state index is 12.7. The highest BCUT2D eigenvalue weighted by molar-refractivity contribution is 9.10. The van der Waals surface area contributed by atoms with E-state index in [2.05, 4.69) is 25.7 Å². The second-order valence-corrected chi connectivity index (χ2v) is 3.99. The number of esters is 1. The summed E-state index contributed by atoms with van der Waals surface area (Å²) in [5.74, 6) is -0.561. The Labute approximate surface area is 99.9 Å². The monoisotopic (exact) mass is 293 g/mol. The van der Waals surface area contributed by atoms with E-state index in [1.54, 1.807) is 13.0 Å². The summed E-state index contributed by atoms with van der Waals surface area (Å²) < 4.78 is 30.2. The molecule has 3 nitrogen and oxygen atoms in total. The maximum absolute atomic E-state index is 12.7. The third kappa shape index (κ3) is 2.98. The molecule has 1 rings (SSSR count). The average molecular weight is 294 g/mol. The minimum atomic E-state index is -2.71. The van der Waals surface area contributed by atoms with Crippen molar-refractivity contribution >= 4 is 21.9 Å². The molecular formula is C10H10BrF2NO2. The molecule has 1 heterocycles. The number of aromatic nitrogens is 1. The lowest BCUT2D eigenvalue weighted by Crippen LogP contribution is -2.10. The Morgan fingerprint density at radius 1 is 1.62 bits per heavy atom. The number of alkyl halides is 2. The van der Waals surface area contributed by atoms with Crippen molar-refractivity contribution in [3.63, 3.8) is 0 Å². The molecule has 0 atom stereocenters. The topological polar surface area (TPSA) is 39.2 Å². The van der Waals surface area contributed by atoms with Crippen LogP contribution >= 0.6 is 15.9 Å². The van der Waals surface area contributed by atoms with E-state index in [1.807, 2.05) is 0 Å². The summed E-state index contributed by atoms with van der Waals surface area (Å²) in [4.78, 5) is 14.8. The van der Waals surface area contributed by atoms with Gasteiger partial charge in [0.2, 0.25) is 0 Å². The highest BCUT2D eigenvalue weighted by atomic mass is 79.9. The Kier molecular flexibility index (Phi) is 4.35. The molecule has 0 aliphatic heterocycles. The van der Waals surface area contributed by atoms with Crippen LogP contribution in [0.5, 0.6) is 0 Å². The number of hydrogen-bond donors (Lipinski definition) is 0. The van der Waals surface area contributed by atoms with Gasteiger partial charge >= 0.3 is 5.97 Å². The van der Waals surface area contributed by atoms with Crippen molar-refractivity contribution in [2.45, 2.75) is 19.8 Å². The molecule has 0 fully saturated rings. The van der Waals surface area contributed by atoms with E-state index in [0.717, 1.165) is 0 Å². The minimum absolute atomic E-state index is 0.192. The Morgan fingerprint density at radius 3 is 2.75 bits per heavy atom. The van der Waals surface area contributed by atoms with Crippen LogP contribution in [0.25, 0.3) is 0 Å². The van der Waals surface area contributed by atoms with Gasteiger partial charge in [-0.1, -0.05) is 0 Å². The van der Waals surface area contributed by atoms with Crippen LogP contribution in [0.1, 0.15) is 23.2 Å². The van der Waals surface area contributed by atoms with Crippen LogP contribution < -0.4 is 0 Å². The van der Waals surface area contributed by atoms with Crippen LogP contribution in [0.3, 0.4) is 0 Å². The molecule has 0 radical (unpaired) electrons. The molecule has 0 bridgehead atoms. The number of pyridine rings is 1. The van der Waals surface area contributed by atoms with E-state index in [4.69, 9.17) is 0 Å². The first kappa shape index (κ1) is 13.0. The van der Waals surface area contributed by atoms with E-state index in [9.17, 15) is 13.6 Å².